The van der Waals surface area contributed by atoms with Gasteiger partial charge in [0.05, 0.1) is 0 Å². The van der Waals surface area contributed by atoms with Gasteiger partial charge in [-0.15, -0.1) is 11.3 Å². The molecule has 17 heavy (non-hydrogen) atoms. The molecule has 0 aromatic carbocycles. The van der Waals surface area contributed by atoms with Crippen molar-refractivity contribution in [3.8, 4) is 0 Å². The van der Waals surface area contributed by atoms with Crippen LogP contribution in [0.15, 0.2) is 10.3 Å². The zero-order valence-electron chi connectivity index (χ0n) is 10.5. The van der Waals surface area contributed by atoms with Crippen molar-refractivity contribution in [2.24, 2.45) is 5.73 Å². The highest BCUT2D eigenvalue weighted by Gasteiger charge is 2.20. The van der Waals surface area contributed by atoms with Crippen LogP contribution in [0.2, 0.25) is 0 Å². The molecule has 6 heteroatoms. The first-order valence-electron chi connectivity index (χ1n) is 5.72. The van der Waals surface area contributed by atoms with E-state index in [9.17, 15) is 8.42 Å². The first-order valence-corrected chi connectivity index (χ1v) is 8.02. The van der Waals surface area contributed by atoms with Gasteiger partial charge in [-0.3, -0.25) is 0 Å². The monoisotopic (exact) mass is 276 g/mol. The topological polar surface area (TPSA) is 72.2 Å². The van der Waals surface area contributed by atoms with Crippen molar-refractivity contribution < 1.29 is 8.42 Å². The van der Waals surface area contributed by atoms with Crippen LogP contribution in [-0.4, -0.2) is 14.5 Å². The van der Waals surface area contributed by atoms with E-state index in [1.165, 1.54) is 11.3 Å². The van der Waals surface area contributed by atoms with E-state index < -0.39 is 10.0 Å². The summed E-state index contributed by atoms with van der Waals surface area (Å²) in [7, 11) is -3.38. The molecule has 0 aliphatic heterocycles. The molecule has 98 valence electrons. The minimum absolute atomic E-state index is 0.0336. The van der Waals surface area contributed by atoms with Crippen LogP contribution >= 0.6 is 11.3 Å². The Morgan fingerprint density at radius 3 is 2.65 bits per heavy atom. The summed E-state index contributed by atoms with van der Waals surface area (Å²) in [5.41, 5.74) is 6.50. The second-order valence-electron chi connectivity index (χ2n) is 4.19. The molecule has 1 heterocycles. The molecular formula is C11H20N2O2S2. The summed E-state index contributed by atoms with van der Waals surface area (Å²) >= 11 is 1.25. The molecule has 1 rings (SSSR count). The molecule has 1 aromatic rings. The molecule has 0 aliphatic rings. The summed E-state index contributed by atoms with van der Waals surface area (Å²) in [5, 5.41) is 0. The lowest BCUT2D eigenvalue weighted by molar-refractivity contribution is 0.545. The lowest BCUT2D eigenvalue weighted by Gasteiger charge is -2.11. The molecule has 3 N–H and O–H groups in total. The first kappa shape index (κ1) is 14.6. The molecule has 0 saturated carbocycles. The molecule has 0 amide bonds. The van der Waals surface area contributed by atoms with Gasteiger partial charge in [0.15, 0.2) is 0 Å². The number of nitrogens with one attached hydrogen (secondary N) is 1. The third kappa shape index (κ3) is 3.77. The number of thiophene rings is 1. The molecule has 0 fully saturated rings. The smallest absolute Gasteiger partial charge is 0.250 e. The summed E-state index contributed by atoms with van der Waals surface area (Å²) < 4.78 is 27.2. The number of rotatable bonds is 6. The van der Waals surface area contributed by atoms with Gasteiger partial charge in [-0.25, -0.2) is 13.1 Å². The van der Waals surface area contributed by atoms with E-state index in [-0.39, 0.29) is 6.04 Å². The Kier molecular flexibility index (Phi) is 5.12. The van der Waals surface area contributed by atoms with Gasteiger partial charge in [-0.1, -0.05) is 13.3 Å². The predicted octanol–water partition coefficient (Wildman–Crippen LogP) is 1.98. The molecule has 0 radical (unpaired) electrons. The van der Waals surface area contributed by atoms with E-state index in [1.54, 1.807) is 6.07 Å². The van der Waals surface area contributed by atoms with Crippen LogP contribution in [0.1, 0.15) is 37.1 Å². The standard InChI is InChI=1S/C11H20N2O2S2/c1-4-5-9(3)13-17(14,15)11-6-8(2)10(7-12)16-11/h6,9,13H,4-5,7,12H2,1-3H3. The molecule has 0 bridgehead atoms. The van der Waals surface area contributed by atoms with E-state index >= 15 is 0 Å². The highest BCUT2D eigenvalue weighted by molar-refractivity contribution is 7.91. The number of sulfonamides is 1. The molecule has 1 unspecified atom stereocenters. The Morgan fingerprint density at radius 2 is 2.18 bits per heavy atom. The highest BCUT2D eigenvalue weighted by atomic mass is 32.2. The zero-order valence-corrected chi connectivity index (χ0v) is 12.1. The fourth-order valence-electron chi connectivity index (χ4n) is 1.64. The Balaban J connectivity index is 2.89. The number of aryl methyl sites for hydroxylation is 1. The van der Waals surface area contributed by atoms with Crippen molar-refractivity contribution in [3.05, 3.63) is 16.5 Å². The van der Waals surface area contributed by atoms with Gasteiger partial charge >= 0.3 is 0 Å². The van der Waals surface area contributed by atoms with Crippen molar-refractivity contribution in [1.82, 2.24) is 4.72 Å². The highest BCUT2D eigenvalue weighted by Crippen LogP contribution is 2.25. The fraction of sp³-hybridized carbons (Fsp3) is 0.636. The average Bonchev–Trinajstić information content (AvgIpc) is 2.59. The van der Waals surface area contributed by atoms with Crippen molar-refractivity contribution in [2.45, 2.75) is 50.4 Å². The van der Waals surface area contributed by atoms with Crippen LogP contribution in [0, 0.1) is 6.92 Å². The molecular weight excluding hydrogens is 256 g/mol. The van der Waals surface area contributed by atoms with Crippen LogP contribution < -0.4 is 10.5 Å². The zero-order chi connectivity index (χ0) is 13.1. The summed E-state index contributed by atoms with van der Waals surface area (Å²) in [5.74, 6) is 0. The van der Waals surface area contributed by atoms with Crippen LogP contribution in [-0.2, 0) is 16.6 Å². The number of hydrogen-bond acceptors (Lipinski definition) is 4. The lowest BCUT2D eigenvalue weighted by atomic mass is 10.2. The van der Waals surface area contributed by atoms with Gasteiger partial charge in [0.1, 0.15) is 4.21 Å². The molecule has 1 aromatic heterocycles. The van der Waals surface area contributed by atoms with Gasteiger partial charge in [0.2, 0.25) is 10.0 Å². The SMILES string of the molecule is CCCC(C)NS(=O)(=O)c1cc(C)c(CN)s1. The van der Waals surface area contributed by atoms with Gasteiger partial charge in [-0.2, -0.15) is 0 Å². The Bertz CT molecular complexity index is 466. The first-order chi connectivity index (χ1) is 7.90. The third-order valence-corrected chi connectivity index (χ3v) is 5.85. The summed E-state index contributed by atoms with van der Waals surface area (Å²) in [6, 6.07) is 1.65. The van der Waals surface area contributed by atoms with Crippen LogP contribution in [0.25, 0.3) is 0 Å². The Morgan fingerprint density at radius 1 is 1.53 bits per heavy atom. The molecule has 1 atom stereocenters. The molecule has 0 saturated heterocycles. The quantitative estimate of drug-likeness (QED) is 0.834. The van der Waals surface area contributed by atoms with Gasteiger partial charge < -0.3 is 5.73 Å². The maximum absolute atomic E-state index is 12.1. The predicted molar refractivity (Wildman–Crippen MR) is 71.6 cm³/mol. The van der Waals surface area contributed by atoms with Crippen molar-refractivity contribution in [2.75, 3.05) is 0 Å². The number of nitrogens with two attached hydrogens (primary N) is 1. The van der Waals surface area contributed by atoms with E-state index in [1.807, 2.05) is 20.8 Å². The van der Waals surface area contributed by atoms with Crippen LogP contribution in [0.5, 0.6) is 0 Å². The summed E-state index contributed by atoms with van der Waals surface area (Å²) in [6.07, 6.45) is 1.80. The largest absolute Gasteiger partial charge is 0.326 e. The molecule has 0 aliphatic carbocycles. The average molecular weight is 276 g/mol. The minimum atomic E-state index is -3.38. The second-order valence-corrected chi connectivity index (χ2v) is 7.26. The Labute approximate surface area is 107 Å². The normalized spacial score (nSPS) is 13.9. The van der Waals surface area contributed by atoms with Crippen LogP contribution in [0.3, 0.4) is 0 Å². The van der Waals surface area contributed by atoms with Gasteiger partial charge in [0, 0.05) is 17.5 Å². The van der Waals surface area contributed by atoms with Crippen LogP contribution in [0.4, 0.5) is 0 Å². The number of hydrogen-bond donors (Lipinski definition) is 2. The van der Waals surface area contributed by atoms with Gasteiger partial charge in [-0.05, 0) is 31.9 Å². The van der Waals surface area contributed by atoms with E-state index in [0.29, 0.717) is 10.8 Å². The second kappa shape index (κ2) is 5.95. The third-order valence-electron chi connectivity index (χ3n) is 2.53. The van der Waals surface area contributed by atoms with Crippen molar-refractivity contribution in [3.63, 3.8) is 0 Å². The van der Waals surface area contributed by atoms with E-state index in [4.69, 9.17) is 5.73 Å². The van der Waals surface area contributed by atoms with Gasteiger partial charge in [0.25, 0.3) is 0 Å². The minimum Gasteiger partial charge on any atom is -0.326 e. The van der Waals surface area contributed by atoms with Crippen molar-refractivity contribution >= 4 is 21.4 Å². The summed E-state index contributed by atoms with van der Waals surface area (Å²) in [6.45, 7) is 6.18. The lowest BCUT2D eigenvalue weighted by Crippen LogP contribution is -2.31. The van der Waals surface area contributed by atoms with E-state index in [2.05, 4.69) is 4.72 Å². The fourth-order valence-corrected chi connectivity index (χ4v) is 4.40. The summed E-state index contributed by atoms with van der Waals surface area (Å²) in [4.78, 5) is 0.925. The Hall–Kier alpha value is -0.430. The van der Waals surface area contributed by atoms with E-state index in [0.717, 1.165) is 23.3 Å². The molecule has 0 spiro atoms. The maximum atomic E-state index is 12.1. The van der Waals surface area contributed by atoms with Crippen molar-refractivity contribution in [1.29, 1.82) is 0 Å². The molecule has 4 nitrogen and oxygen atoms in total. The maximum Gasteiger partial charge on any atom is 0.250 e.